The van der Waals surface area contributed by atoms with Crippen molar-refractivity contribution in [2.24, 2.45) is 0 Å². The van der Waals surface area contributed by atoms with E-state index < -0.39 is 10.0 Å². The first kappa shape index (κ1) is 21.2. The highest BCUT2D eigenvalue weighted by Gasteiger charge is 2.29. The van der Waals surface area contributed by atoms with E-state index in [0.717, 1.165) is 13.1 Å². The molecule has 0 bridgehead atoms. The van der Waals surface area contributed by atoms with E-state index in [9.17, 15) is 13.2 Å². The highest BCUT2D eigenvalue weighted by molar-refractivity contribution is 7.92. The van der Waals surface area contributed by atoms with Crippen LogP contribution in [0.5, 0.6) is 0 Å². The van der Waals surface area contributed by atoms with E-state index in [1.165, 1.54) is 49.9 Å². The third kappa shape index (κ3) is 4.63. The molecule has 0 aromatic heterocycles. The number of para-hydroxylation sites is 1. The Kier molecular flexibility index (Phi) is 6.32. The molecular formula is C22H26ClN3O3S. The zero-order valence-electron chi connectivity index (χ0n) is 16.8. The summed E-state index contributed by atoms with van der Waals surface area (Å²) in [6.07, 6.45) is 5.10. The molecule has 1 saturated heterocycles. The monoisotopic (exact) mass is 447 g/mol. The van der Waals surface area contributed by atoms with Crippen LogP contribution in [0.1, 0.15) is 36.0 Å². The summed E-state index contributed by atoms with van der Waals surface area (Å²) in [6, 6.07) is 13.3. The van der Waals surface area contributed by atoms with Crippen LogP contribution in [0.15, 0.2) is 53.4 Å². The Hall–Kier alpha value is -2.09. The molecule has 2 aliphatic rings. The number of halogens is 1. The SMILES string of the molecule is O=C(c1ccccc1NS(=O)(=O)c1ccc(Cl)cc1)N1CCN(C2CCCC2)CC1. The fourth-order valence-electron chi connectivity index (χ4n) is 4.31. The van der Waals surface area contributed by atoms with Gasteiger partial charge >= 0.3 is 0 Å². The highest BCUT2D eigenvalue weighted by atomic mass is 35.5. The third-order valence-electron chi connectivity index (χ3n) is 5.97. The summed E-state index contributed by atoms with van der Waals surface area (Å²) in [6.45, 7) is 3.06. The number of sulfonamides is 1. The molecule has 160 valence electrons. The third-order valence-corrected chi connectivity index (χ3v) is 7.60. The second-order valence-electron chi connectivity index (χ2n) is 7.87. The Bertz CT molecular complexity index is 997. The van der Waals surface area contributed by atoms with E-state index in [4.69, 9.17) is 11.6 Å². The van der Waals surface area contributed by atoms with Gasteiger partial charge in [-0.3, -0.25) is 14.4 Å². The van der Waals surface area contributed by atoms with Gasteiger partial charge in [-0.2, -0.15) is 0 Å². The lowest BCUT2D eigenvalue weighted by atomic mass is 10.1. The summed E-state index contributed by atoms with van der Waals surface area (Å²) in [4.78, 5) is 17.6. The van der Waals surface area contributed by atoms with Gasteiger partial charge in [0.25, 0.3) is 15.9 Å². The van der Waals surface area contributed by atoms with Crippen molar-refractivity contribution in [3.63, 3.8) is 0 Å². The molecule has 2 aromatic rings. The van der Waals surface area contributed by atoms with Crippen LogP contribution in [-0.2, 0) is 10.0 Å². The predicted molar refractivity (Wildman–Crippen MR) is 118 cm³/mol. The Morgan fingerprint density at radius 3 is 2.23 bits per heavy atom. The second-order valence-corrected chi connectivity index (χ2v) is 9.99. The van der Waals surface area contributed by atoms with Crippen molar-refractivity contribution in [3.8, 4) is 0 Å². The standard InChI is InChI=1S/C22H26ClN3O3S/c23-17-9-11-19(12-10-17)30(28,29)24-21-8-4-3-7-20(21)22(27)26-15-13-25(14-16-26)18-5-1-2-6-18/h3-4,7-12,18,24H,1-2,5-6,13-16H2. The Balaban J connectivity index is 1.47. The van der Waals surface area contributed by atoms with Crippen LogP contribution in [0.4, 0.5) is 5.69 Å². The van der Waals surface area contributed by atoms with Gasteiger partial charge in [0.2, 0.25) is 0 Å². The number of hydrogen-bond acceptors (Lipinski definition) is 4. The van der Waals surface area contributed by atoms with E-state index >= 15 is 0 Å². The molecule has 2 fully saturated rings. The van der Waals surface area contributed by atoms with Gasteiger partial charge in [0.05, 0.1) is 16.1 Å². The summed E-state index contributed by atoms with van der Waals surface area (Å²) >= 11 is 5.86. The van der Waals surface area contributed by atoms with Crippen LogP contribution in [0.25, 0.3) is 0 Å². The molecule has 0 radical (unpaired) electrons. The number of carbonyl (C=O) groups is 1. The summed E-state index contributed by atoms with van der Waals surface area (Å²) in [5.74, 6) is -0.143. The van der Waals surface area contributed by atoms with Crippen LogP contribution in [0.3, 0.4) is 0 Å². The summed E-state index contributed by atoms with van der Waals surface area (Å²) < 4.78 is 28.1. The van der Waals surface area contributed by atoms with Gasteiger partial charge in [0.15, 0.2) is 0 Å². The average molecular weight is 448 g/mol. The smallest absolute Gasteiger partial charge is 0.261 e. The number of benzene rings is 2. The van der Waals surface area contributed by atoms with Gasteiger partial charge < -0.3 is 4.90 Å². The molecule has 30 heavy (non-hydrogen) atoms. The van der Waals surface area contributed by atoms with Crippen LogP contribution in [0, 0.1) is 0 Å². The quantitative estimate of drug-likeness (QED) is 0.756. The number of anilines is 1. The summed E-state index contributed by atoms with van der Waals surface area (Å²) in [5.41, 5.74) is 0.653. The maximum Gasteiger partial charge on any atom is 0.261 e. The molecule has 8 heteroatoms. The van der Waals surface area contributed by atoms with Gasteiger partial charge in [-0.05, 0) is 49.2 Å². The number of amides is 1. The van der Waals surface area contributed by atoms with E-state index in [0.29, 0.717) is 29.7 Å². The minimum Gasteiger partial charge on any atom is -0.336 e. The van der Waals surface area contributed by atoms with Gasteiger partial charge in [0.1, 0.15) is 0 Å². The van der Waals surface area contributed by atoms with E-state index in [-0.39, 0.29) is 16.5 Å². The molecule has 0 unspecified atom stereocenters. The van der Waals surface area contributed by atoms with E-state index in [1.54, 1.807) is 24.3 Å². The molecule has 1 N–H and O–H groups in total. The molecule has 1 heterocycles. The van der Waals surface area contributed by atoms with Crippen molar-refractivity contribution in [1.29, 1.82) is 0 Å². The number of nitrogens with one attached hydrogen (secondary N) is 1. The minimum absolute atomic E-state index is 0.0966. The summed E-state index contributed by atoms with van der Waals surface area (Å²) in [7, 11) is -3.82. The van der Waals surface area contributed by atoms with Crippen molar-refractivity contribution in [1.82, 2.24) is 9.80 Å². The maximum absolute atomic E-state index is 13.2. The minimum atomic E-state index is -3.82. The van der Waals surface area contributed by atoms with Crippen LogP contribution in [-0.4, -0.2) is 56.3 Å². The molecular weight excluding hydrogens is 422 g/mol. The van der Waals surface area contributed by atoms with Crippen molar-refractivity contribution in [3.05, 3.63) is 59.1 Å². The van der Waals surface area contributed by atoms with Gasteiger partial charge in [-0.1, -0.05) is 36.6 Å². The number of hydrogen-bond donors (Lipinski definition) is 1. The first-order valence-electron chi connectivity index (χ1n) is 10.3. The van der Waals surface area contributed by atoms with Crippen LogP contribution in [0.2, 0.25) is 5.02 Å². The first-order chi connectivity index (χ1) is 14.4. The number of piperazine rings is 1. The molecule has 1 amide bonds. The van der Waals surface area contributed by atoms with Gasteiger partial charge in [-0.15, -0.1) is 0 Å². The zero-order valence-corrected chi connectivity index (χ0v) is 18.3. The molecule has 4 rings (SSSR count). The zero-order chi connectivity index (χ0) is 21.1. The highest BCUT2D eigenvalue weighted by Crippen LogP contribution is 2.26. The van der Waals surface area contributed by atoms with Crippen LogP contribution < -0.4 is 4.72 Å². The predicted octanol–water partition coefficient (Wildman–Crippen LogP) is 3.84. The molecule has 6 nitrogen and oxygen atoms in total. The van der Waals surface area contributed by atoms with Crippen LogP contribution >= 0.6 is 11.6 Å². The number of nitrogens with zero attached hydrogens (tertiary/aromatic N) is 2. The Morgan fingerprint density at radius 1 is 0.933 bits per heavy atom. The maximum atomic E-state index is 13.2. The number of carbonyl (C=O) groups excluding carboxylic acids is 1. The molecule has 1 aliphatic heterocycles. The Labute approximate surface area is 182 Å². The van der Waals surface area contributed by atoms with Gasteiger partial charge in [-0.25, -0.2) is 8.42 Å². The van der Waals surface area contributed by atoms with Crippen molar-refractivity contribution in [2.45, 2.75) is 36.6 Å². The van der Waals surface area contributed by atoms with Crippen molar-refractivity contribution < 1.29 is 13.2 Å². The van der Waals surface area contributed by atoms with Crippen molar-refractivity contribution in [2.75, 3.05) is 30.9 Å². The largest absolute Gasteiger partial charge is 0.336 e. The molecule has 1 aliphatic carbocycles. The molecule has 1 saturated carbocycles. The second kappa shape index (κ2) is 8.96. The lowest BCUT2D eigenvalue weighted by Gasteiger charge is -2.38. The van der Waals surface area contributed by atoms with E-state index in [2.05, 4.69) is 9.62 Å². The lowest BCUT2D eigenvalue weighted by Crippen LogP contribution is -2.51. The molecule has 0 spiro atoms. The first-order valence-corrected chi connectivity index (χ1v) is 12.2. The topological polar surface area (TPSA) is 69.7 Å². The lowest BCUT2D eigenvalue weighted by molar-refractivity contribution is 0.0574. The number of rotatable bonds is 5. The normalized spacial score (nSPS) is 18.5. The summed E-state index contributed by atoms with van der Waals surface area (Å²) in [5, 5.41) is 0.460. The molecule has 0 atom stereocenters. The van der Waals surface area contributed by atoms with Gasteiger partial charge in [0, 0.05) is 37.2 Å². The fourth-order valence-corrected chi connectivity index (χ4v) is 5.51. The van der Waals surface area contributed by atoms with E-state index in [1.807, 2.05) is 4.90 Å². The van der Waals surface area contributed by atoms with Crippen molar-refractivity contribution >= 4 is 33.2 Å². The average Bonchev–Trinajstić information content (AvgIpc) is 3.29. The molecule has 2 aromatic carbocycles. The Morgan fingerprint density at radius 2 is 1.57 bits per heavy atom. The fraction of sp³-hybridized carbons (Fsp3) is 0.409.